The molecule has 0 bridgehead atoms. The van der Waals surface area contributed by atoms with Crippen LogP contribution in [0.15, 0.2) is 64.9 Å². The first kappa shape index (κ1) is 18.6. The third-order valence-corrected chi connectivity index (χ3v) is 5.68. The molecule has 2 aromatic heterocycles. The summed E-state index contributed by atoms with van der Waals surface area (Å²) in [4.78, 5) is 17.7. The van der Waals surface area contributed by atoms with Crippen molar-refractivity contribution in [3.63, 3.8) is 0 Å². The van der Waals surface area contributed by atoms with Crippen molar-refractivity contribution in [3.05, 3.63) is 76.2 Å². The van der Waals surface area contributed by atoms with E-state index in [4.69, 9.17) is 5.73 Å². The van der Waals surface area contributed by atoms with Gasteiger partial charge in [-0.25, -0.2) is 4.98 Å². The van der Waals surface area contributed by atoms with Gasteiger partial charge in [0.1, 0.15) is 5.01 Å². The van der Waals surface area contributed by atoms with Gasteiger partial charge in [0.05, 0.1) is 0 Å². The number of rotatable bonds is 5. The van der Waals surface area contributed by atoms with E-state index < -0.39 is 0 Å². The Balaban J connectivity index is 2.11. The van der Waals surface area contributed by atoms with Crippen molar-refractivity contribution >= 4 is 22.1 Å². The Labute approximate surface area is 168 Å². The molecule has 0 radical (unpaired) electrons. The third kappa shape index (κ3) is 3.28. The largest absolute Gasteiger partial charge is 0.325 e. The van der Waals surface area contributed by atoms with Gasteiger partial charge in [0.2, 0.25) is 0 Å². The molecule has 4 rings (SSSR count). The highest BCUT2D eigenvalue weighted by atomic mass is 32.1. The molecular weight excluding hydrogens is 366 g/mol. The van der Waals surface area contributed by atoms with Crippen LogP contribution < -0.4 is 11.3 Å². The molecule has 0 aliphatic carbocycles. The summed E-state index contributed by atoms with van der Waals surface area (Å²) in [6, 6.07) is 16.2. The van der Waals surface area contributed by atoms with Gasteiger partial charge in [-0.2, -0.15) is 0 Å². The summed E-state index contributed by atoms with van der Waals surface area (Å²) in [5, 5.41) is 4.56. The Bertz CT molecular complexity index is 1160. The van der Waals surface area contributed by atoms with Gasteiger partial charge in [-0.05, 0) is 29.0 Å². The fourth-order valence-corrected chi connectivity index (χ4v) is 4.33. The summed E-state index contributed by atoms with van der Waals surface area (Å²) in [5.41, 5.74) is 10.2. The number of nitrogens with zero attached hydrogens (tertiary/aromatic N) is 2. The molecular formula is C23H23N3OS. The maximum atomic E-state index is 13.3. The zero-order valence-corrected chi connectivity index (χ0v) is 16.9. The van der Waals surface area contributed by atoms with E-state index in [1.807, 2.05) is 40.3 Å². The Morgan fingerprint density at radius 3 is 2.50 bits per heavy atom. The SMILES string of the molecule is CC(C)Cn1c(CN)c(-c2ccccc2)c2cc(-c3nccs3)ccc2c1=O. The van der Waals surface area contributed by atoms with Crippen molar-refractivity contribution in [1.82, 2.24) is 9.55 Å². The fourth-order valence-electron chi connectivity index (χ4n) is 3.69. The van der Waals surface area contributed by atoms with Crippen molar-refractivity contribution in [3.8, 4) is 21.7 Å². The van der Waals surface area contributed by atoms with Crippen LogP contribution in [0.1, 0.15) is 19.5 Å². The fraction of sp³-hybridized carbons (Fsp3) is 0.217. The zero-order valence-electron chi connectivity index (χ0n) is 16.1. The number of fused-ring (bicyclic) bond motifs is 1. The molecule has 0 amide bonds. The van der Waals surface area contributed by atoms with E-state index in [9.17, 15) is 4.79 Å². The molecule has 0 unspecified atom stereocenters. The Kier molecular flexibility index (Phi) is 5.11. The van der Waals surface area contributed by atoms with E-state index in [0.29, 0.717) is 19.0 Å². The van der Waals surface area contributed by atoms with E-state index in [-0.39, 0.29) is 5.56 Å². The Morgan fingerprint density at radius 1 is 1.07 bits per heavy atom. The van der Waals surface area contributed by atoms with Crippen LogP contribution in [-0.4, -0.2) is 9.55 Å². The van der Waals surface area contributed by atoms with Gasteiger partial charge >= 0.3 is 0 Å². The lowest BCUT2D eigenvalue weighted by Crippen LogP contribution is -2.28. The molecule has 2 N–H and O–H groups in total. The zero-order chi connectivity index (χ0) is 19.7. The molecule has 5 heteroatoms. The highest BCUT2D eigenvalue weighted by Crippen LogP contribution is 2.34. The van der Waals surface area contributed by atoms with Crippen molar-refractivity contribution < 1.29 is 0 Å². The molecule has 0 saturated carbocycles. The average Bonchev–Trinajstić information content (AvgIpc) is 3.24. The topological polar surface area (TPSA) is 60.9 Å². The van der Waals surface area contributed by atoms with Gasteiger partial charge in [0.25, 0.3) is 5.56 Å². The molecule has 4 nitrogen and oxygen atoms in total. The molecule has 0 fully saturated rings. The minimum absolute atomic E-state index is 0.0227. The molecule has 2 heterocycles. The van der Waals surface area contributed by atoms with Gasteiger partial charge in [0, 0.05) is 46.9 Å². The average molecular weight is 390 g/mol. The van der Waals surface area contributed by atoms with E-state index >= 15 is 0 Å². The van der Waals surface area contributed by atoms with Crippen LogP contribution in [0.2, 0.25) is 0 Å². The number of hydrogen-bond acceptors (Lipinski definition) is 4. The summed E-state index contributed by atoms with van der Waals surface area (Å²) in [7, 11) is 0. The number of aromatic nitrogens is 2. The summed E-state index contributed by atoms with van der Waals surface area (Å²) in [5.74, 6) is 0.346. The number of pyridine rings is 1. The van der Waals surface area contributed by atoms with Crippen LogP contribution >= 0.6 is 11.3 Å². The third-order valence-electron chi connectivity index (χ3n) is 4.86. The second-order valence-corrected chi connectivity index (χ2v) is 8.19. The van der Waals surface area contributed by atoms with Gasteiger partial charge in [-0.15, -0.1) is 11.3 Å². The van der Waals surface area contributed by atoms with Crippen LogP contribution in [0.3, 0.4) is 0 Å². The molecule has 2 aromatic carbocycles. The van der Waals surface area contributed by atoms with Crippen LogP contribution in [0.4, 0.5) is 0 Å². The number of thiazole rings is 1. The van der Waals surface area contributed by atoms with Crippen LogP contribution in [0.25, 0.3) is 32.5 Å². The minimum Gasteiger partial charge on any atom is -0.325 e. The van der Waals surface area contributed by atoms with Crippen molar-refractivity contribution in [2.24, 2.45) is 11.7 Å². The van der Waals surface area contributed by atoms with Crippen LogP contribution in [0, 0.1) is 5.92 Å². The quantitative estimate of drug-likeness (QED) is 0.528. The van der Waals surface area contributed by atoms with E-state index in [0.717, 1.165) is 38.2 Å². The molecule has 0 atom stereocenters. The molecule has 28 heavy (non-hydrogen) atoms. The molecule has 4 aromatic rings. The first-order valence-electron chi connectivity index (χ1n) is 9.45. The number of hydrogen-bond donors (Lipinski definition) is 1. The summed E-state index contributed by atoms with van der Waals surface area (Å²) in [6.07, 6.45) is 1.80. The first-order valence-corrected chi connectivity index (χ1v) is 10.3. The van der Waals surface area contributed by atoms with E-state index in [1.54, 1.807) is 17.5 Å². The van der Waals surface area contributed by atoms with Gasteiger partial charge in [-0.1, -0.05) is 50.2 Å². The summed E-state index contributed by atoms with van der Waals surface area (Å²) >= 11 is 1.59. The molecule has 0 aliphatic heterocycles. The van der Waals surface area contributed by atoms with Crippen molar-refractivity contribution in [2.75, 3.05) is 0 Å². The first-order chi connectivity index (χ1) is 13.6. The van der Waals surface area contributed by atoms with E-state index in [2.05, 4.69) is 37.0 Å². The number of nitrogens with two attached hydrogens (primary N) is 1. The van der Waals surface area contributed by atoms with Crippen LogP contribution in [-0.2, 0) is 13.1 Å². The predicted molar refractivity (Wildman–Crippen MR) is 117 cm³/mol. The predicted octanol–water partition coefficient (Wildman–Crippen LogP) is 4.91. The highest BCUT2D eigenvalue weighted by molar-refractivity contribution is 7.13. The maximum Gasteiger partial charge on any atom is 0.258 e. The monoisotopic (exact) mass is 389 g/mol. The normalized spacial score (nSPS) is 11.4. The molecule has 0 saturated heterocycles. The standard InChI is InChI=1S/C23H23N3OS/c1-15(2)14-26-20(13-24)21(16-6-4-3-5-7-16)19-12-17(22-25-10-11-28-22)8-9-18(19)23(26)27/h3-12,15H,13-14,24H2,1-2H3. The van der Waals surface area contributed by atoms with Gasteiger partial charge in [0.15, 0.2) is 0 Å². The maximum absolute atomic E-state index is 13.3. The Morgan fingerprint density at radius 2 is 1.86 bits per heavy atom. The lowest BCUT2D eigenvalue weighted by molar-refractivity contribution is 0.499. The van der Waals surface area contributed by atoms with Crippen LogP contribution in [0.5, 0.6) is 0 Å². The molecule has 0 aliphatic rings. The lowest BCUT2D eigenvalue weighted by Gasteiger charge is -2.21. The van der Waals surface area contributed by atoms with Gasteiger partial charge in [-0.3, -0.25) is 4.79 Å². The Hall–Kier alpha value is -2.76. The molecule has 142 valence electrons. The lowest BCUT2D eigenvalue weighted by atomic mass is 9.95. The summed E-state index contributed by atoms with van der Waals surface area (Å²) < 4.78 is 1.86. The minimum atomic E-state index is 0.0227. The van der Waals surface area contributed by atoms with Crippen molar-refractivity contribution in [2.45, 2.75) is 26.9 Å². The second kappa shape index (κ2) is 7.70. The highest BCUT2D eigenvalue weighted by Gasteiger charge is 2.18. The smallest absolute Gasteiger partial charge is 0.258 e. The number of benzene rings is 2. The summed E-state index contributed by atoms with van der Waals surface area (Å²) in [6.45, 7) is 5.19. The van der Waals surface area contributed by atoms with Gasteiger partial charge < -0.3 is 10.3 Å². The second-order valence-electron chi connectivity index (χ2n) is 7.30. The van der Waals surface area contributed by atoms with Crippen molar-refractivity contribution in [1.29, 1.82) is 0 Å². The van der Waals surface area contributed by atoms with E-state index in [1.165, 1.54) is 0 Å². The molecule has 0 spiro atoms.